The van der Waals surface area contributed by atoms with Gasteiger partial charge in [-0.3, -0.25) is 4.79 Å². The molecule has 108 valence electrons. The maximum atomic E-state index is 14.2. The average molecular weight is 276 g/mol. The van der Waals surface area contributed by atoms with E-state index in [0.29, 0.717) is 6.92 Å². The molecule has 1 unspecified atom stereocenters. The van der Waals surface area contributed by atoms with Gasteiger partial charge in [-0.1, -0.05) is 6.92 Å². The number of halogens is 5. The van der Waals surface area contributed by atoms with Gasteiger partial charge in [-0.15, -0.1) is 0 Å². The van der Waals surface area contributed by atoms with Crippen LogP contribution >= 0.6 is 0 Å². The molecule has 0 aromatic heterocycles. The number of methoxy groups -OCH3 is 1. The third-order valence-electron chi connectivity index (χ3n) is 3.51. The van der Waals surface area contributed by atoms with E-state index < -0.39 is 35.3 Å². The standard InChI is InChI=1S/C11H17F5O2/c1-6-9(4,11(14,15)16)10(12,13)8(2,3)7(17)18-5/h6H2,1-5H3. The van der Waals surface area contributed by atoms with Gasteiger partial charge >= 0.3 is 12.1 Å². The summed E-state index contributed by atoms with van der Waals surface area (Å²) in [4.78, 5) is 11.3. The Hall–Kier alpha value is -0.880. The minimum atomic E-state index is -5.13. The summed E-state index contributed by atoms with van der Waals surface area (Å²) in [5, 5.41) is 0. The van der Waals surface area contributed by atoms with Gasteiger partial charge in [-0.25, -0.2) is 8.78 Å². The van der Waals surface area contributed by atoms with E-state index in [2.05, 4.69) is 4.74 Å². The van der Waals surface area contributed by atoms with Crippen LogP contribution < -0.4 is 0 Å². The lowest BCUT2D eigenvalue weighted by molar-refractivity contribution is -0.318. The first-order valence-corrected chi connectivity index (χ1v) is 5.32. The molecule has 0 N–H and O–H groups in total. The third kappa shape index (κ3) is 2.19. The van der Waals surface area contributed by atoms with Gasteiger partial charge in [0.25, 0.3) is 5.92 Å². The van der Waals surface area contributed by atoms with Crippen molar-refractivity contribution >= 4 is 5.97 Å². The van der Waals surface area contributed by atoms with Crippen LogP contribution in [0.15, 0.2) is 0 Å². The van der Waals surface area contributed by atoms with Gasteiger partial charge in [0.15, 0.2) is 0 Å². The highest BCUT2D eigenvalue weighted by atomic mass is 19.4. The summed E-state index contributed by atoms with van der Waals surface area (Å²) in [6.07, 6.45) is -5.97. The highest BCUT2D eigenvalue weighted by Gasteiger charge is 2.72. The Morgan fingerprint density at radius 3 is 1.67 bits per heavy atom. The minimum absolute atomic E-state index is 0.414. The van der Waals surface area contributed by atoms with Gasteiger partial charge in [0.2, 0.25) is 0 Å². The molecule has 0 heterocycles. The Labute approximate surface area is 102 Å². The summed E-state index contributed by atoms with van der Waals surface area (Å²) in [6, 6.07) is 0. The molecule has 0 aromatic carbocycles. The van der Waals surface area contributed by atoms with E-state index in [1.165, 1.54) is 0 Å². The predicted octanol–water partition coefficient (Wildman–Crippen LogP) is 3.80. The van der Waals surface area contributed by atoms with Gasteiger partial charge < -0.3 is 4.74 Å². The highest BCUT2D eigenvalue weighted by Crippen LogP contribution is 2.58. The Kier molecular flexibility index (Phi) is 4.43. The first kappa shape index (κ1) is 17.1. The summed E-state index contributed by atoms with van der Waals surface area (Å²) in [5.41, 5.74) is -5.86. The van der Waals surface area contributed by atoms with Crippen LogP contribution in [-0.4, -0.2) is 25.2 Å². The van der Waals surface area contributed by atoms with Crippen molar-refractivity contribution in [1.82, 2.24) is 0 Å². The molecular formula is C11H17F5O2. The minimum Gasteiger partial charge on any atom is -0.468 e. The van der Waals surface area contributed by atoms with Crippen molar-refractivity contribution in [3.05, 3.63) is 0 Å². The van der Waals surface area contributed by atoms with Crippen molar-refractivity contribution in [2.75, 3.05) is 7.11 Å². The molecule has 0 aliphatic rings. The molecule has 2 nitrogen and oxygen atoms in total. The number of hydrogen-bond acceptors (Lipinski definition) is 2. The second kappa shape index (κ2) is 4.66. The van der Waals surface area contributed by atoms with Crippen LogP contribution in [0.25, 0.3) is 0 Å². The quantitative estimate of drug-likeness (QED) is 0.576. The Morgan fingerprint density at radius 1 is 1.06 bits per heavy atom. The molecule has 7 heteroatoms. The SMILES string of the molecule is CCC(C)(C(F)(F)F)C(F)(F)C(C)(C)C(=O)OC. The fourth-order valence-electron chi connectivity index (χ4n) is 1.67. The summed E-state index contributed by atoms with van der Waals surface area (Å²) >= 11 is 0. The van der Waals surface area contributed by atoms with Gasteiger partial charge in [0, 0.05) is 0 Å². The summed E-state index contributed by atoms with van der Waals surface area (Å²) < 4.78 is 71.1. The van der Waals surface area contributed by atoms with E-state index in [1.807, 2.05) is 0 Å². The topological polar surface area (TPSA) is 26.3 Å². The molecule has 0 aliphatic carbocycles. The maximum Gasteiger partial charge on any atom is 0.400 e. The largest absolute Gasteiger partial charge is 0.468 e. The summed E-state index contributed by atoms with van der Waals surface area (Å²) in [6.45, 7) is 2.92. The second-order valence-electron chi connectivity index (χ2n) is 4.87. The molecular weight excluding hydrogens is 259 g/mol. The third-order valence-corrected chi connectivity index (χ3v) is 3.51. The summed E-state index contributed by atoms with van der Waals surface area (Å²) in [7, 11) is 0.858. The molecule has 0 bridgehead atoms. The van der Waals surface area contributed by atoms with Crippen LogP contribution in [0.5, 0.6) is 0 Å². The Bertz CT molecular complexity index is 322. The van der Waals surface area contributed by atoms with Crippen LogP contribution in [0.3, 0.4) is 0 Å². The maximum absolute atomic E-state index is 14.2. The monoisotopic (exact) mass is 276 g/mol. The van der Waals surface area contributed by atoms with Crippen molar-refractivity contribution in [2.24, 2.45) is 10.8 Å². The Morgan fingerprint density at radius 2 is 1.44 bits per heavy atom. The predicted molar refractivity (Wildman–Crippen MR) is 55.2 cm³/mol. The number of alkyl halides is 5. The van der Waals surface area contributed by atoms with Crippen LogP contribution in [0.1, 0.15) is 34.1 Å². The second-order valence-corrected chi connectivity index (χ2v) is 4.87. The van der Waals surface area contributed by atoms with Crippen LogP contribution in [-0.2, 0) is 9.53 Å². The first-order chi connectivity index (χ1) is 7.79. The molecule has 0 aromatic rings. The molecule has 0 spiro atoms. The lowest BCUT2D eigenvalue weighted by Gasteiger charge is -2.44. The van der Waals surface area contributed by atoms with Crippen molar-refractivity contribution in [3.8, 4) is 0 Å². The lowest BCUT2D eigenvalue weighted by Crippen LogP contribution is -2.59. The van der Waals surface area contributed by atoms with Gasteiger partial charge in [0.1, 0.15) is 10.8 Å². The molecule has 0 fully saturated rings. The van der Waals surface area contributed by atoms with E-state index in [4.69, 9.17) is 0 Å². The Balaban J connectivity index is 5.82. The van der Waals surface area contributed by atoms with Crippen LogP contribution in [0.2, 0.25) is 0 Å². The normalized spacial score (nSPS) is 17.2. The number of ether oxygens (including phenoxy) is 1. The van der Waals surface area contributed by atoms with E-state index in [-0.39, 0.29) is 0 Å². The van der Waals surface area contributed by atoms with Gasteiger partial charge in [-0.2, -0.15) is 13.2 Å². The highest BCUT2D eigenvalue weighted by molar-refractivity contribution is 5.77. The van der Waals surface area contributed by atoms with Crippen molar-refractivity contribution in [1.29, 1.82) is 0 Å². The van der Waals surface area contributed by atoms with Gasteiger partial charge in [0.05, 0.1) is 7.11 Å². The zero-order chi connectivity index (χ0) is 15.0. The zero-order valence-electron chi connectivity index (χ0n) is 10.9. The smallest absolute Gasteiger partial charge is 0.400 e. The van der Waals surface area contributed by atoms with E-state index >= 15 is 0 Å². The molecule has 0 aliphatic heterocycles. The summed E-state index contributed by atoms with van der Waals surface area (Å²) in [5.74, 6) is -5.67. The number of carbonyl (C=O) groups excluding carboxylic acids is 1. The molecule has 0 radical (unpaired) electrons. The van der Waals surface area contributed by atoms with E-state index in [9.17, 15) is 26.7 Å². The lowest BCUT2D eigenvalue weighted by atomic mass is 9.68. The molecule has 18 heavy (non-hydrogen) atoms. The fourth-order valence-corrected chi connectivity index (χ4v) is 1.67. The number of esters is 1. The molecule has 0 rings (SSSR count). The zero-order valence-corrected chi connectivity index (χ0v) is 10.9. The number of rotatable bonds is 4. The molecule has 1 atom stereocenters. The fraction of sp³-hybridized carbons (Fsp3) is 0.909. The van der Waals surface area contributed by atoms with Crippen LogP contribution in [0.4, 0.5) is 22.0 Å². The van der Waals surface area contributed by atoms with Crippen molar-refractivity contribution < 1.29 is 31.5 Å². The van der Waals surface area contributed by atoms with Gasteiger partial charge in [-0.05, 0) is 27.2 Å². The van der Waals surface area contributed by atoms with Crippen molar-refractivity contribution in [3.63, 3.8) is 0 Å². The number of carbonyl (C=O) groups is 1. The molecule has 0 saturated heterocycles. The number of hydrogen-bond donors (Lipinski definition) is 0. The van der Waals surface area contributed by atoms with E-state index in [0.717, 1.165) is 27.9 Å². The first-order valence-electron chi connectivity index (χ1n) is 5.32. The molecule has 0 saturated carbocycles. The van der Waals surface area contributed by atoms with Crippen molar-refractivity contribution in [2.45, 2.75) is 46.2 Å². The van der Waals surface area contributed by atoms with E-state index in [1.54, 1.807) is 0 Å². The average Bonchev–Trinajstić information content (AvgIpc) is 2.24. The molecule has 0 amide bonds. The van der Waals surface area contributed by atoms with Crippen LogP contribution in [0, 0.1) is 10.8 Å².